The lowest BCUT2D eigenvalue weighted by atomic mass is 9.77. The number of carboxylic acid groups (broad SMARTS) is 2. The second-order valence-corrected chi connectivity index (χ2v) is 10.0. The fourth-order valence-electron chi connectivity index (χ4n) is 5.04. The summed E-state index contributed by atoms with van der Waals surface area (Å²) in [4.78, 5) is 23.1. The molecule has 0 unspecified atom stereocenters. The van der Waals surface area contributed by atoms with E-state index in [1.807, 2.05) is 7.11 Å². The highest BCUT2D eigenvalue weighted by Crippen LogP contribution is 2.45. The first-order valence-corrected chi connectivity index (χ1v) is 12.3. The van der Waals surface area contributed by atoms with E-state index in [0.29, 0.717) is 11.3 Å². The zero-order chi connectivity index (χ0) is 29.4. The number of likely N-dealkylation sites (tertiary alicyclic amines) is 2. The molecule has 4 rings (SSSR count). The fraction of sp³-hybridized carbons (Fsp3) is 0.680. The molecule has 0 amide bonds. The Balaban J connectivity index is 0.000000317. The molecule has 3 aliphatic rings. The molecule has 39 heavy (non-hydrogen) atoms. The van der Waals surface area contributed by atoms with Crippen molar-refractivity contribution in [2.75, 3.05) is 53.6 Å². The van der Waals surface area contributed by atoms with Gasteiger partial charge in [-0.25, -0.2) is 9.59 Å². The van der Waals surface area contributed by atoms with Crippen LogP contribution in [0.25, 0.3) is 0 Å². The molecule has 1 aliphatic carbocycles. The number of ether oxygens (including phenoxy) is 2. The smallest absolute Gasteiger partial charge is 0.490 e. The molecule has 2 N–H and O–H groups in total. The zero-order valence-corrected chi connectivity index (χ0v) is 21.7. The summed E-state index contributed by atoms with van der Waals surface area (Å²) in [5.41, 5.74) is 1.73. The number of methoxy groups -OCH3 is 2. The highest BCUT2D eigenvalue weighted by molar-refractivity contribution is 5.73. The normalized spacial score (nSPS) is 23.5. The zero-order valence-electron chi connectivity index (χ0n) is 21.7. The topological polar surface area (TPSA) is 99.5 Å². The first kappa shape index (κ1) is 32.6. The number of carbonyl (C=O) groups is 2. The molecule has 2 aliphatic heterocycles. The van der Waals surface area contributed by atoms with E-state index in [0.717, 1.165) is 24.8 Å². The molecule has 14 heteroatoms. The van der Waals surface area contributed by atoms with Gasteiger partial charge in [-0.1, -0.05) is 18.2 Å². The van der Waals surface area contributed by atoms with Crippen LogP contribution in [0.3, 0.4) is 0 Å². The Morgan fingerprint density at radius 2 is 1.51 bits per heavy atom. The van der Waals surface area contributed by atoms with Crippen LogP contribution < -0.4 is 4.74 Å². The lowest BCUT2D eigenvalue weighted by Gasteiger charge is -2.30. The number of nitrogens with zero attached hydrogens (tertiary/aromatic N) is 2. The van der Waals surface area contributed by atoms with Crippen molar-refractivity contribution in [1.29, 1.82) is 0 Å². The quantitative estimate of drug-likeness (QED) is 0.471. The van der Waals surface area contributed by atoms with Crippen molar-refractivity contribution in [1.82, 2.24) is 9.80 Å². The predicted octanol–water partition coefficient (Wildman–Crippen LogP) is 4.14. The molecular weight excluding hydrogens is 538 g/mol. The van der Waals surface area contributed by atoms with Gasteiger partial charge < -0.3 is 24.6 Å². The SMILES string of the molecule is COC[C@@H]1CN(CC2CC2)C[C@@]12CCN(Cc1ccccc1OC)C2.O=C(O)C(F)(F)F.O=C(O)C(F)(F)F. The third kappa shape index (κ3) is 10.2. The number of aliphatic carboxylic acids is 2. The third-order valence-electron chi connectivity index (χ3n) is 7.00. The Kier molecular flexibility index (Phi) is 11.4. The predicted molar refractivity (Wildman–Crippen MR) is 127 cm³/mol. The largest absolute Gasteiger partial charge is 0.496 e. The average Bonchev–Trinajstić information content (AvgIpc) is 3.47. The van der Waals surface area contributed by atoms with Crippen molar-refractivity contribution >= 4 is 11.9 Å². The standard InChI is InChI=1S/C21H32N2O2.2C2HF3O2/c1-24-14-19-13-23(11-17-7-8-17)16-21(19)9-10-22(15-21)12-18-5-3-4-6-20(18)25-2;2*3-2(4,5)1(6)7/h3-6,17,19H,7-16H2,1-2H3;2*(H,6,7)/t19-,21-;;/m0../s1. The molecule has 2 saturated heterocycles. The molecule has 3 fully saturated rings. The van der Waals surface area contributed by atoms with E-state index < -0.39 is 24.3 Å². The van der Waals surface area contributed by atoms with Crippen molar-refractivity contribution in [3.63, 3.8) is 0 Å². The lowest BCUT2D eigenvalue weighted by Crippen LogP contribution is -2.36. The molecule has 2 heterocycles. The van der Waals surface area contributed by atoms with Crippen LogP contribution in [0, 0.1) is 17.3 Å². The summed E-state index contributed by atoms with van der Waals surface area (Å²) in [6.07, 6.45) is -5.98. The molecule has 0 bridgehead atoms. The van der Waals surface area contributed by atoms with Crippen LogP contribution in [-0.2, 0) is 20.9 Å². The fourth-order valence-corrected chi connectivity index (χ4v) is 5.04. The summed E-state index contributed by atoms with van der Waals surface area (Å²) in [6.45, 7) is 8.09. The first-order chi connectivity index (χ1) is 18.1. The minimum atomic E-state index is -5.08. The Bertz CT molecular complexity index is 932. The van der Waals surface area contributed by atoms with Gasteiger partial charge in [0.15, 0.2) is 0 Å². The number of alkyl halides is 6. The average molecular weight is 573 g/mol. The van der Waals surface area contributed by atoms with Gasteiger partial charge in [0.2, 0.25) is 0 Å². The van der Waals surface area contributed by atoms with Gasteiger partial charge in [-0.2, -0.15) is 26.3 Å². The number of hydrogen-bond acceptors (Lipinski definition) is 6. The van der Waals surface area contributed by atoms with Crippen LogP contribution in [0.1, 0.15) is 24.8 Å². The van der Waals surface area contributed by atoms with Gasteiger partial charge in [0.1, 0.15) is 5.75 Å². The van der Waals surface area contributed by atoms with Gasteiger partial charge in [-0.05, 0) is 37.8 Å². The van der Waals surface area contributed by atoms with Crippen LogP contribution in [-0.4, -0.2) is 97.9 Å². The Labute approximate surface area is 222 Å². The number of rotatable bonds is 7. The van der Waals surface area contributed by atoms with Crippen LogP contribution in [0.15, 0.2) is 24.3 Å². The molecule has 1 spiro atoms. The highest BCUT2D eigenvalue weighted by Gasteiger charge is 2.50. The van der Waals surface area contributed by atoms with Crippen LogP contribution in [0.4, 0.5) is 26.3 Å². The van der Waals surface area contributed by atoms with Gasteiger partial charge in [0.25, 0.3) is 0 Å². The van der Waals surface area contributed by atoms with E-state index in [-0.39, 0.29) is 0 Å². The number of halogens is 6. The third-order valence-corrected chi connectivity index (χ3v) is 7.00. The van der Waals surface area contributed by atoms with Crippen molar-refractivity contribution in [3.05, 3.63) is 29.8 Å². The van der Waals surface area contributed by atoms with E-state index in [9.17, 15) is 26.3 Å². The first-order valence-electron chi connectivity index (χ1n) is 12.3. The van der Waals surface area contributed by atoms with Crippen LogP contribution >= 0.6 is 0 Å². The second-order valence-electron chi connectivity index (χ2n) is 10.0. The maximum absolute atomic E-state index is 10.6. The Morgan fingerprint density at radius 3 is 2.00 bits per heavy atom. The van der Waals surface area contributed by atoms with Crippen LogP contribution in [0.2, 0.25) is 0 Å². The maximum atomic E-state index is 10.6. The number of benzene rings is 1. The summed E-state index contributed by atoms with van der Waals surface area (Å²) in [5, 5.41) is 14.2. The summed E-state index contributed by atoms with van der Waals surface area (Å²) >= 11 is 0. The van der Waals surface area contributed by atoms with E-state index in [4.69, 9.17) is 29.3 Å². The number of carboxylic acids is 2. The minimum Gasteiger partial charge on any atom is -0.496 e. The van der Waals surface area contributed by atoms with Gasteiger partial charge in [0.05, 0.1) is 13.7 Å². The maximum Gasteiger partial charge on any atom is 0.490 e. The van der Waals surface area contributed by atoms with Crippen molar-refractivity contribution in [2.24, 2.45) is 17.3 Å². The summed E-state index contributed by atoms with van der Waals surface area (Å²) in [5.74, 6) is -2.85. The van der Waals surface area contributed by atoms with E-state index in [1.165, 1.54) is 57.5 Å². The van der Waals surface area contributed by atoms with Gasteiger partial charge in [-0.15, -0.1) is 0 Å². The van der Waals surface area contributed by atoms with E-state index in [1.54, 1.807) is 7.11 Å². The molecular formula is C25H34F6N2O6. The molecule has 222 valence electrons. The molecule has 1 aromatic carbocycles. The minimum absolute atomic E-state index is 0.424. The van der Waals surface area contributed by atoms with Gasteiger partial charge in [0, 0.05) is 56.7 Å². The molecule has 1 aromatic rings. The van der Waals surface area contributed by atoms with Gasteiger partial charge >= 0.3 is 24.3 Å². The second kappa shape index (κ2) is 13.7. The molecule has 2 atom stereocenters. The van der Waals surface area contributed by atoms with Crippen molar-refractivity contribution < 1.29 is 55.6 Å². The van der Waals surface area contributed by atoms with Crippen LogP contribution in [0.5, 0.6) is 5.75 Å². The van der Waals surface area contributed by atoms with Crippen molar-refractivity contribution in [2.45, 2.75) is 38.2 Å². The summed E-state index contributed by atoms with van der Waals surface area (Å²) < 4.78 is 74.6. The highest BCUT2D eigenvalue weighted by atomic mass is 19.4. The van der Waals surface area contributed by atoms with Gasteiger partial charge in [-0.3, -0.25) is 4.90 Å². The lowest BCUT2D eigenvalue weighted by molar-refractivity contribution is -0.193. The summed E-state index contributed by atoms with van der Waals surface area (Å²) in [6, 6.07) is 8.44. The Hall–Kier alpha value is -2.58. The number of para-hydroxylation sites is 1. The molecule has 0 radical (unpaired) electrons. The molecule has 8 nitrogen and oxygen atoms in total. The molecule has 1 saturated carbocycles. The summed E-state index contributed by atoms with van der Waals surface area (Å²) in [7, 11) is 3.63. The monoisotopic (exact) mass is 572 g/mol. The van der Waals surface area contributed by atoms with E-state index in [2.05, 4.69) is 34.1 Å². The van der Waals surface area contributed by atoms with E-state index >= 15 is 0 Å². The molecule has 0 aromatic heterocycles. The number of hydrogen-bond donors (Lipinski definition) is 2. The Morgan fingerprint density at radius 1 is 0.974 bits per heavy atom. The van der Waals surface area contributed by atoms with Crippen molar-refractivity contribution in [3.8, 4) is 5.75 Å².